The molecule has 1 aliphatic rings. The highest BCUT2D eigenvalue weighted by Gasteiger charge is 2.24. The van der Waals surface area contributed by atoms with Gasteiger partial charge in [0.15, 0.2) is 0 Å². The Labute approximate surface area is 92.0 Å². The van der Waals surface area contributed by atoms with Gasteiger partial charge in [0.2, 0.25) is 5.90 Å². The molecule has 5 heteroatoms. The lowest BCUT2D eigenvalue weighted by atomic mass is 10.2. The van der Waals surface area contributed by atoms with Gasteiger partial charge < -0.3 is 14.9 Å². The van der Waals surface area contributed by atoms with Crippen LogP contribution in [0, 0.1) is 0 Å². The van der Waals surface area contributed by atoms with Gasteiger partial charge in [0, 0.05) is 0 Å². The van der Waals surface area contributed by atoms with E-state index in [2.05, 4.69) is 4.99 Å². The quantitative estimate of drug-likeness (QED) is 0.798. The van der Waals surface area contributed by atoms with Crippen molar-refractivity contribution in [3.8, 4) is 5.75 Å². The number of hydrogen-bond acceptors (Lipinski definition) is 4. The number of aliphatic imine (C=N–C) groups is 1. The van der Waals surface area contributed by atoms with Crippen molar-refractivity contribution in [3.05, 3.63) is 29.8 Å². The SMILES string of the molecule is O=C(O)CC1CN=C(c2ccccc2O)O1. The van der Waals surface area contributed by atoms with E-state index in [0.29, 0.717) is 18.0 Å². The number of para-hydroxylation sites is 1. The Hall–Kier alpha value is -2.04. The van der Waals surface area contributed by atoms with Crippen LogP contribution in [0.25, 0.3) is 0 Å². The minimum absolute atomic E-state index is 0.0808. The van der Waals surface area contributed by atoms with Gasteiger partial charge in [-0.15, -0.1) is 0 Å². The lowest BCUT2D eigenvalue weighted by molar-refractivity contribution is -0.138. The fourth-order valence-corrected chi connectivity index (χ4v) is 1.52. The van der Waals surface area contributed by atoms with Gasteiger partial charge >= 0.3 is 5.97 Å². The summed E-state index contributed by atoms with van der Waals surface area (Å²) in [5.41, 5.74) is 0.496. The molecule has 1 unspecified atom stereocenters. The van der Waals surface area contributed by atoms with Gasteiger partial charge in [-0.2, -0.15) is 0 Å². The highest BCUT2D eigenvalue weighted by molar-refractivity contribution is 5.97. The summed E-state index contributed by atoms with van der Waals surface area (Å²) in [6.07, 6.45) is -0.521. The van der Waals surface area contributed by atoms with Gasteiger partial charge in [-0.05, 0) is 12.1 Å². The molecule has 16 heavy (non-hydrogen) atoms. The van der Waals surface area contributed by atoms with Crippen LogP contribution in [0.1, 0.15) is 12.0 Å². The second-order valence-electron chi connectivity index (χ2n) is 3.50. The zero-order chi connectivity index (χ0) is 11.5. The number of benzene rings is 1. The standard InChI is InChI=1S/C11H11NO4/c13-9-4-2-1-3-8(9)11-12-6-7(16-11)5-10(14)15/h1-4,7,13H,5-6H2,(H,14,15). The van der Waals surface area contributed by atoms with E-state index < -0.39 is 12.1 Å². The van der Waals surface area contributed by atoms with Crippen LogP contribution in [-0.2, 0) is 9.53 Å². The maximum Gasteiger partial charge on any atom is 0.307 e. The van der Waals surface area contributed by atoms with Crippen LogP contribution in [-0.4, -0.2) is 34.7 Å². The normalized spacial score (nSPS) is 19.0. The summed E-state index contributed by atoms with van der Waals surface area (Å²) in [6, 6.07) is 6.66. The first kappa shape index (κ1) is 10.5. The van der Waals surface area contributed by atoms with Gasteiger partial charge in [-0.3, -0.25) is 4.79 Å². The number of carbonyl (C=O) groups is 1. The van der Waals surface area contributed by atoms with Gasteiger partial charge in [0.05, 0.1) is 18.5 Å². The van der Waals surface area contributed by atoms with Crippen LogP contribution in [0.2, 0.25) is 0 Å². The predicted octanol–water partition coefficient (Wildman–Crippen LogP) is 1.01. The van der Waals surface area contributed by atoms with Crippen LogP contribution in [0.3, 0.4) is 0 Å². The summed E-state index contributed by atoms with van der Waals surface area (Å²) in [5, 5.41) is 18.2. The van der Waals surface area contributed by atoms with Crippen LogP contribution in [0.15, 0.2) is 29.3 Å². The molecule has 1 aromatic carbocycles. The first-order valence-corrected chi connectivity index (χ1v) is 4.88. The summed E-state index contributed by atoms with van der Waals surface area (Å²) in [4.78, 5) is 14.6. The molecule has 0 bridgehead atoms. The molecule has 0 saturated carbocycles. The van der Waals surface area contributed by atoms with E-state index in [-0.39, 0.29) is 12.2 Å². The number of phenolic OH excluding ortho intramolecular Hbond substituents is 1. The molecule has 5 nitrogen and oxygen atoms in total. The van der Waals surface area contributed by atoms with E-state index in [4.69, 9.17) is 9.84 Å². The van der Waals surface area contributed by atoms with Gasteiger partial charge in [-0.25, -0.2) is 4.99 Å². The fraction of sp³-hybridized carbons (Fsp3) is 0.273. The third-order valence-electron chi connectivity index (χ3n) is 2.25. The average molecular weight is 221 g/mol. The second kappa shape index (κ2) is 4.22. The van der Waals surface area contributed by atoms with Gasteiger partial charge in [0.25, 0.3) is 0 Å². The van der Waals surface area contributed by atoms with Crippen molar-refractivity contribution in [1.82, 2.24) is 0 Å². The number of ether oxygens (including phenoxy) is 1. The maximum atomic E-state index is 10.5. The van der Waals surface area contributed by atoms with E-state index in [1.54, 1.807) is 18.2 Å². The number of aromatic hydroxyl groups is 1. The van der Waals surface area contributed by atoms with Crippen molar-refractivity contribution < 1.29 is 19.7 Å². The first-order valence-electron chi connectivity index (χ1n) is 4.88. The van der Waals surface area contributed by atoms with E-state index in [1.165, 1.54) is 6.07 Å². The number of nitrogens with zero attached hydrogens (tertiary/aromatic N) is 1. The van der Waals surface area contributed by atoms with Crippen LogP contribution in [0.4, 0.5) is 0 Å². The summed E-state index contributed by atoms with van der Waals surface area (Å²) in [5.74, 6) is -0.527. The molecular weight excluding hydrogens is 210 g/mol. The Morgan fingerprint density at radius 2 is 2.25 bits per heavy atom. The average Bonchev–Trinajstić information content (AvgIpc) is 2.66. The third-order valence-corrected chi connectivity index (χ3v) is 2.25. The van der Waals surface area contributed by atoms with Crippen molar-refractivity contribution >= 4 is 11.9 Å². The predicted molar refractivity (Wildman–Crippen MR) is 56.6 cm³/mol. The zero-order valence-electron chi connectivity index (χ0n) is 8.46. The van der Waals surface area contributed by atoms with Crippen molar-refractivity contribution in [3.63, 3.8) is 0 Å². The highest BCUT2D eigenvalue weighted by Crippen LogP contribution is 2.21. The molecule has 0 aliphatic carbocycles. The molecule has 1 atom stereocenters. The fourth-order valence-electron chi connectivity index (χ4n) is 1.52. The molecule has 1 aromatic rings. The molecular formula is C11H11NO4. The maximum absolute atomic E-state index is 10.5. The molecule has 84 valence electrons. The zero-order valence-corrected chi connectivity index (χ0v) is 8.46. The minimum Gasteiger partial charge on any atom is -0.507 e. The third kappa shape index (κ3) is 2.13. The van der Waals surface area contributed by atoms with Crippen molar-refractivity contribution in [2.75, 3.05) is 6.54 Å². The van der Waals surface area contributed by atoms with Crippen LogP contribution >= 0.6 is 0 Å². The Morgan fingerprint density at radius 1 is 1.50 bits per heavy atom. The van der Waals surface area contributed by atoms with E-state index in [1.807, 2.05) is 0 Å². The molecule has 1 aliphatic heterocycles. The summed E-state index contributed by atoms with van der Waals surface area (Å²) in [6.45, 7) is 0.315. The number of carboxylic acids is 1. The monoisotopic (exact) mass is 221 g/mol. The second-order valence-corrected chi connectivity index (χ2v) is 3.50. The summed E-state index contributed by atoms with van der Waals surface area (Å²) < 4.78 is 5.35. The number of hydrogen-bond donors (Lipinski definition) is 2. The van der Waals surface area contributed by atoms with Crippen molar-refractivity contribution in [2.45, 2.75) is 12.5 Å². The number of carboxylic acid groups (broad SMARTS) is 1. The number of phenols is 1. The van der Waals surface area contributed by atoms with E-state index in [0.717, 1.165) is 0 Å². The van der Waals surface area contributed by atoms with E-state index in [9.17, 15) is 9.90 Å². The number of aliphatic carboxylic acids is 1. The van der Waals surface area contributed by atoms with Gasteiger partial charge in [-0.1, -0.05) is 12.1 Å². The van der Waals surface area contributed by atoms with Gasteiger partial charge in [0.1, 0.15) is 11.9 Å². The van der Waals surface area contributed by atoms with Crippen LogP contribution < -0.4 is 0 Å². The molecule has 1 heterocycles. The highest BCUT2D eigenvalue weighted by atomic mass is 16.5. The Bertz CT molecular complexity index is 441. The van der Waals surface area contributed by atoms with E-state index >= 15 is 0 Å². The molecule has 0 amide bonds. The first-order chi connectivity index (χ1) is 7.66. The Morgan fingerprint density at radius 3 is 2.94 bits per heavy atom. The molecule has 0 saturated heterocycles. The minimum atomic E-state index is -0.918. The Kier molecular flexibility index (Phi) is 2.76. The molecule has 0 aromatic heterocycles. The molecule has 0 fully saturated rings. The van der Waals surface area contributed by atoms with Crippen LogP contribution in [0.5, 0.6) is 5.75 Å². The lowest BCUT2D eigenvalue weighted by Gasteiger charge is -2.09. The molecule has 2 N–H and O–H groups in total. The van der Waals surface area contributed by atoms with Crippen molar-refractivity contribution in [1.29, 1.82) is 0 Å². The Balaban J connectivity index is 2.09. The molecule has 2 rings (SSSR count). The topological polar surface area (TPSA) is 79.1 Å². The molecule has 0 radical (unpaired) electrons. The number of rotatable bonds is 3. The van der Waals surface area contributed by atoms with Crippen molar-refractivity contribution in [2.24, 2.45) is 4.99 Å². The smallest absolute Gasteiger partial charge is 0.307 e. The lowest BCUT2D eigenvalue weighted by Crippen LogP contribution is -2.17. The largest absolute Gasteiger partial charge is 0.507 e. The summed E-state index contributed by atoms with van der Waals surface area (Å²) in [7, 11) is 0. The molecule has 0 spiro atoms. The summed E-state index contributed by atoms with van der Waals surface area (Å²) >= 11 is 0.